The second-order valence-electron chi connectivity index (χ2n) is 27.8. The monoisotopic (exact) mass is 1380 g/mol. The lowest BCUT2D eigenvalue weighted by atomic mass is 9.95. The molecule has 96 heavy (non-hydrogen) atoms. The van der Waals surface area contributed by atoms with E-state index in [4.69, 9.17) is 37.9 Å². The molecular weight excluding hydrogens is 1250 g/mol. The molecule has 0 saturated carbocycles. The van der Waals surface area contributed by atoms with Crippen LogP contribution >= 0.6 is 0 Å². The van der Waals surface area contributed by atoms with E-state index in [1.807, 2.05) is 0 Å². The summed E-state index contributed by atoms with van der Waals surface area (Å²) in [5.74, 6) is -1.55. The fourth-order valence-electron chi connectivity index (χ4n) is 13.3. The van der Waals surface area contributed by atoms with Crippen molar-refractivity contribution in [3.63, 3.8) is 0 Å². The zero-order chi connectivity index (χ0) is 70.4. The number of rotatable bonds is 53. The summed E-state index contributed by atoms with van der Waals surface area (Å²) in [7, 11) is 0. The van der Waals surface area contributed by atoms with Gasteiger partial charge in [0.15, 0.2) is 25.2 Å². The van der Waals surface area contributed by atoms with Crippen LogP contribution in [-0.4, -0.2) is 257 Å². The van der Waals surface area contributed by atoms with Crippen LogP contribution in [0.3, 0.4) is 0 Å². The quantitative estimate of drug-likeness (QED) is 0.0381. The van der Waals surface area contributed by atoms with E-state index in [0.29, 0.717) is 12.8 Å². The van der Waals surface area contributed by atoms with Crippen molar-refractivity contribution >= 4 is 11.8 Å². The van der Waals surface area contributed by atoms with Gasteiger partial charge in [0.1, 0.15) is 104 Å². The predicted molar refractivity (Wildman–Crippen MR) is 355 cm³/mol. The molecule has 4 heterocycles. The number of aliphatic hydroxyl groups is 14. The molecule has 2 amide bonds. The summed E-state index contributed by atoms with van der Waals surface area (Å²) >= 11 is 0. The molecule has 26 heteroatoms. The summed E-state index contributed by atoms with van der Waals surface area (Å²) in [6.45, 7) is 3.81. The number of aliphatic hydroxyl groups excluding tert-OH is 14. The third-order valence-electron chi connectivity index (χ3n) is 19.6. The topological polar surface area (TPSA) is 415 Å². The number of unbranched alkanes of at least 4 members (excludes halogenated alkanes) is 32. The Kier molecular flexibility index (Phi) is 44.7. The zero-order valence-electron chi connectivity index (χ0n) is 58.5. The van der Waals surface area contributed by atoms with Crippen LogP contribution in [0, 0.1) is 0 Å². The Morgan fingerprint density at radius 1 is 0.417 bits per heavy atom. The molecule has 566 valence electrons. The Labute approximate surface area is 571 Å². The van der Waals surface area contributed by atoms with Crippen molar-refractivity contribution in [2.24, 2.45) is 0 Å². The number of hydrogen-bond donors (Lipinski definition) is 16. The Balaban J connectivity index is 1.38. The third kappa shape index (κ3) is 30.6. The van der Waals surface area contributed by atoms with Gasteiger partial charge in [0.05, 0.1) is 44.7 Å². The summed E-state index contributed by atoms with van der Waals surface area (Å²) in [4.78, 5) is 26.4. The van der Waals surface area contributed by atoms with Crippen molar-refractivity contribution < 1.29 is 119 Å². The highest BCUT2D eigenvalue weighted by Gasteiger charge is 2.54. The highest BCUT2D eigenvalue weighted by Crippen LogP contribution is 2.34. The Bertz CT molecular complexity index is 1980. The molecule has 0 unspecified atom stereocenters. The van der Waals surface area contributed by atoms with E-state index in [9.17, 15) is 81.1 Å². The summed E-state index contributed by atoms with van der Waals surface area (Å²) in [6, 6.07) is -2.93. The highest BCUT2D eigenvalue weighted by molar-refractivity contribution is 5.80. The van der Waals surface area contributed by atoms with Gasteiger partial charge < -0.3 is 120 Å². The summed E-state index contributed by atoms with van der Waals surface area (Å²) in [5, 5.41) is 159. The van der Waals surface area contributed by atoms with Crippen LogP contribution in [0.1, 0.15) is 259 Å². The highest BCUT2D eigenvalue weighted by atomic mass is 16.8. The maximum Gasteiger partial charge on any atom is 0.249 e. The SMILES string of the molecule is CCCCCCCCCCCCCCCCCCCCCC[C@@H](O)C(=O)N[C@@H](CO[C@H]1O[C@H](CO)[C@H](O)[C@H](O)[C@H]1O[C@H]1O[C@H](CO[C@@H]2O[C@H](CO)[C@H](O)[C@H](O[C@@H]3O[C@@H](C)[C@H](O)[C@@H](O)[C@H]3O)[C@H]2NC(C)=O)[C@H](O)[C@H](O)[C@H]1O)[C@H](O)[C@H](O)CCCCCCCCCCCCCCCC. The molecule has 0 radical (unpaired) electrons. The molecule has 4 rings (SSSR count). The molecule has 0 aromatic rings. The van der Waals surface area contributed by atoms with Crippen molar-refractivity contribution in [1.82, 2.24) is 10.6 Å². The molecular formula is C70H132N2O24. The molecule has 24 atom stereocenters. The minimum atomic E-state index is -2.10. The average Bonchev–Trinajstić information content (AvgIpc) is 0.968. The molecule has 0 aromatic carbocycles. The van der Waals surface area contributed by atoms with E-state index in [1.54, 1.807) is 0 Å². The third-order valence-corrected chi connectivity index (χ3v) is 19.6. The van der Waals surface area contributed by atoms with Crippen LogP contribution < -0.4 is 10.6 Å². The van der Waals surface area contributed by atoms with Crippen molar-refractivity contribution in [2.45, 2.75) is 406 Å². The lowest BCUT2D eigenvalue weighted by Gasteiger charge is -2.48. The number of hydrogen-bond acceptors (Lipinski definition) is 24. The Morgan fingerprint density at radius 2 is 0.802 bits per heavy atom. The molecule has 16 N–H and O–H groups in total. The Morgan fingerprint density at radius 3 is 1.26 bits per heavy atom. The van der Waals surface area contributed by atoms with Gasteiger partial charge >= 0.3 is 0 Å². The second kappa shape index (κ2) is 49.6. The molecule has 4 aliphatic rings. The van der Waals surface area contributed by atoms with Gasteiger partial charge in [0.2, 0.25) is 11.8 Å². The lowest BCUT2D eigenvalue weighted by molar-refractivity contribution is -0.373. The average molecular weight is 1390 g/mol. The summed E-state index contributed by atoms with van der Waals surface area (Å²) in [5.41, 5.74) is 0. The molecule has 4 saturated heterocycles. The summed E-state index contributed by atoms with van der Waals surface area (Å²) < 4.78 is 47.2. The first-order valence-corrected chi connectivity index (χ1v) is 37.3. The molecule has 0 aliphatic carbocycles. The molecule has 26 nitrogen and oxygen atoms in total. The minimum absolute atomic E-state index is 0.125. The smallest absolute Gasteiger partial charge is 0.249 e. The van der Waals surface area contributed by atoms with Gasteiger partial charge in [-0.3, -0.25) is 9.59 Å². The van der Waals surface area contributed by atoms with Crippen LogP contribution in [-0.2, 0) is 47.5 Å². The lowest BCUT2D eigenvalue weighted by Crippen LogP contribution is -2.68. The number of ether oxygens (including phenoxy) is 8. The number of amides is 2. The van der Waals surface area contributed by atoms with Crippen molar-refractivity contribution in [1.29, 1.82) is 0 Å². The van der Waals surface area contributed by atoms with E-state index in [1.165, 1.54) is 155 Å². The normalized spacial score (nSPS) is 32.4. The number of carbonyl (C=O) groups is 2. The molecule has 0 aromatic heterocycles. The summed E-state index contributed by atoms with van der Waals surface area (Å²) in [6.07, 6.45) is 2.22. The fourth-order valence-corrected chi connectivity index (χ4v) is 13.3. The molecule has 0 bridgehead atoms. The molecule has 4 fully saturated rings. The van der Waals surface area contributed by atoms with E-state index >= 15 is 0 Å². The van der Waals surface area contributed by atoms with Gasteiger partial charge in [-0.25, -0.2) is 0 Å². The van der Waals surface area contributed by atoms with Gasteiger partial charge in [0.25, 0.3) is 0 Å². The van der Waals surface area contributed by atoms with Crippen molar-refractivity contribution in [2.75, 3.05) is 26.4 Å². The van der Waals surface area contributed by atoms with E-state index in [0.717, 1.165) is 64.7 Å². The maximum absolute atomic E-state index is 13.8. The second-order valence-corrected chi connectivity index (χ2v) is 27.8. The van der Waals surface area contributed by atoms with Gasteiger partial charge in [-0.05, 0) is 19.8 Å². The number of carbonyl (C=O) groups excluding carboxylic acids is 2. The van der Waals surface area contributed by atoms with Gasteiger partial charge in [-0.15, -0.1) is 0 Å². The van der Waals surface area contributed by atoms with Crippen LogP contribution in [0.4, 0.5) is 0 Å². The zero-order valence-corrected chi connectivity index (χ0v) is 58.5. The van der Waals surface area contributed by atoms with Crippen LogP contribution in [0.5, 0.6) is 0 Å². The van der Waals surface area contributed by atoms with E-state index in [2.05, 4.69) is 24.5 Å². The van der Waals surface area contributed by atoms with Gasteiger partial charge in [-0.2, -0.15) is 0 Å². The first-order valence-electron chi connectivity index (χ1n) is 37.3. The van der Waals surface area contributed by atoms with Gasteiger partial charge in [-0.1, -0.05) is 232 Å². The van der Waals surface area contributed by atoms with E-state index in [-0.39, 0.29) is 12.8 Å². The van der Waals surface area contributed by atoms with Crippen molar-refractivity contribution in [3.05, 3.63) is 0 Å². The Hall–Kier alpha value is -1.94. The van der Waals surface area contributed by atoms with Crippen LogP contribution in [0.25, 0.3) is 0 Å². The van der Waals surface area contributed by atoms with E-state index < -0.39 is 185 Å². The largest absolute Gasteiger partial charge is 0.394 e. The molecule has 0 spiro atoms. The first-order chi connectivity index (χ1) is 46.2. The van der Waals surface area contributed by atoms with Crippen LogP contribution in [0.15, 0.2) is 0 Å². The van der Waals surface area contributed by atoms with Gasteiger partial charge in [0, 0.05) is 6.92 Å². The molecule has 4 aliphatic heterocycles. The first kappa shape index (κ1) is 86.5. The predicted octanol–water partition coefficient (Wildman–Crippen LogP) is 4.10. The number of nitrogens with one attached hydrogen (secondary N) is 2. The fraction of sp³-hybridized carbons (Fsp3) is 0.971. The van der Waals surface area contributed by atoms with Crippen LogP contribution in [0.2, 0.25) is 0 Å². The van der Waals surface area contributed by atoms with Crippen molar-refractivity contribution in [3.8, 4) is 0 Å². The maximum atomic E-state index is 13.8. The minimum Gasteiger partial charge on any atom is -0.394 e. The standard InChI is InChI=1S/C70H132N2O24/c1-5-7-9-11-13-15-17-19-21-22-23-24-25-26-28-30-32-34-36-38-40-49(77)66(88)72-47(55(79)48(76)39-37-35-33-31-29-27-20-18-16-14-12-10-8-6-2)43-89-70-65(61(85)56(80)50(41-73)93-70)96-69-63(87)60(84)57(81)52(94-69)44-90-67-53(71-46(4)75)64(58(82)51(42-74)92-67)95-68-62(86)59(83)54(78)45(3)91-68/h45,47-65,67-70,73-74,76-87H,5-44H2,1-4H3,(H,71,75)(H,72,88)/t45-,47-,48+,49+,50+,51+,52+,53+,54-,55-,56-,57-,58-,59+,60-,61-,62+,63+,64+,65+,67+,68-,69+,70-/m0/s1.